The number of halogens is 2. The molecule has 4 rings (SSSR count). The van der Waals surface area contributed by atoms with Crippen LogP contribution in [0.4, 0.5) is 0 Å². The summed E-state index contributed by atoms with van der Waals surface area (Å²) in [6.07, 6.45) is 0. The van der Waals surface area contributed by atoms with Crippen molar-refractivity contribution >= 4 is 40.1 Å². The highest BCUT2D eigenvalue weighted by molar-refractivity contribution is 6.30. The van der Waals surface area contributed by atoms with Crippen LogP contribution in [0.3, 0.4) is 0 Å². The summed E-state index contributed by atoms with van der Waals surface area (Å²) in [5.74, 6) is 0.714. The van der Waals surface area contributed by atoms with Crippen LogP contribution in [-0.4, -0.2) is 47.5 Å². The van der Waals surface area contributed by atoms with Gasteiger partial charge in [-0.15, -0.1) is 0 Å². The van der Waals surface area contributed by atoms with Crippen LogP contribution < -0.4 is 5.32 Å². The third kappa shape index (κ3) is 5.13. The van der Waals surface area contributed by atoms with Crippen molar-refractivity contribution in [1.82, 2.24) is 19.8 Å². The van der Waals surface area contributed by atoms with Gasteiger partial charge >= 0.3 is 0 Å². The Labute approximate surface area is 197 Å². The van der Waals surface area contributed by atoms with E-state index in [1.54, 1.807) is 0 Å². The van der Waals surface area contributed by atoms with Crippen molar-refractivity contribution in [2.45, 2.75) is 6.54 Å². The summed E-state index contributed by atoms with van der Waals surface area (Å²) in [5, 5.41) is 4.33. The molecule has 7 heteroatoms. The maximum Gasteiger partial charge on any atom is 0.251 e. The van der Waals surface area contributed by atoms with E-state index in [4.69, 9.17) is 28.2 Å². The molecule has 1 heterocycles. The molecule has 0 unspecified atom stereocenters. The molecule has 0 saturated carbocycles. The smallest absolute Gasteiger partial charge is 0.251 e. The zero-order chi connectivity index (χ0) is 22.7. The van der Waals surface area contributed by atoms with Gasteiger partial charge < -0.3 is 14.8 Å². The van der Waals surface area contributed by atoms with Gasteiger partial charge in [0.15, 0.2) is 0 Å². The van der Waals surface area contributed by atoms with Gasteiger partial charge in [0.2, 0.25) is 0 Å². The molecule has 0 saturated heterocycles. The number of rotatable bonds is 7. The second-order valence-electron chi connectivity index (χ2n) is 7.92. The van der Waals surface area contributed by atoms with E-state index in [2.05, 4.69) is 9.88 Å². The number of hydrogen-bond donors (Lipinski definition) is 1. The Kier molecular flexibility index (Phi) is 6.80. The topological polar surface area (TPSA) is 50.2 Å². The first kappa shape index (κ1) is 22.3. The molecule has 1 aromatic heterocycles. The molecule has 5 nitrogen and oxygen atoms in total. The number of imidazole rings is 1. The molecule has 1 N–H and O–H groups in total. The number of amides is 1. The van der Waals surface area contributed by atoms with Gasteiger partial charge in [-0.1, -0.05) is 35.3 Å². The Morgan fingerprint density at radius 2 is 1.62 bits per heavy atom. The molecule has 164 valence electrons. The lowest BCUT2D eigenvalue weighted by molar-refractivity contribution is 0.0951. The first-order chi connectivity index (χ1) is 15.4. The fraction of sp³-hybridized carbons (Fsp3) is 0.200. The number of hydrogen-bond acceptors (Lipinski definition) is 3. The molecule has 1 amide bonds. The van der Waals surface area contributed by atoms with Crippen LogP contribution in [0.25, 0.3) is 22.4 Å². The van der Waals surface area contributed by atoms with Crippen molar-refractivity contribution in [1.29, 1.82) is 0 Å². The Morgan fingerprint density at radius 1 is 0.969 bits per heavy atom. The minimum Gasteiger partial charge on any atom is -0.351 e. The molecule has 32 heavy (non-hydrogen) atoms. The molecule has 0 radical (unpaired) electrons. The normalized spacial score (nSPS) is 11.3. The number of carbonyl (C=O) groups is 1. The van der Waals surface area contributed by atoms with E-state index in [9.17, 15) is 4.79 Å². The minimum atomic E-state index is -0.103. The zero-order valence-corrected chi connectivity index (χ0v) is 19.5. The number of carbonyl (C=O) groups excluding carboxylic acids is 1. The second-order valence-corrected chi connectivity index (χ2v) is 8.79. The maximum absolute atomic E-state index is 12.6. The van der Waals surface area contributed by atoms with Crippen molar-refractivity contribution in [2.24, 2.45) is 0 Å². The average Bonchev–Trinajstić information content (AvgIpc) is 3.13. The Hall–Kier alpha value is -2.86. The number of nitrogens with zero attached hydrogens (tertiary/aromatic N) is 3. The van der Waals surface area contributed by atoms with E-state index < -0.39 is 0 Å². The number of aromatic nitrogens is 2. The fourth-order valence-corrected chi connectivity index (χ4v) is 3.77. The highest BCUT2D eigenvalue weighted by Crippen LogP contribution is 2.28. The van der Waals surface area contributed by atoms with E-state index in [0.29, 0.717) is 28.7 Å². The third-order valence-corrected chi connectivity index (χ3v) is 5.72. The van der Waals surface area contributed by atoms with Gasteiger partial charge in [-0.3, -0.25) is 4.79 Å². The maximum atomic E-state index is 12.6. The van der Waals surface area contributed by atoms with Crippen LogP contribution in [0.5, 0.6) is 0 Å². The predicted molar refractivity (Wildman–Crippen MR) is 132 cm³/mol. The van der Waals surface area contributed by atoms with Crippen molar-refractivity contribution in [3.63, 3.8) is 0 Å². The highest BCUT2D eigenvalue weighted by Gasteiger charge is 2.15. The van der Waals surface area contributed by atoms with Gasteiger partial charge in [-0.2, -0.15) is 0 Å². The summed E-state index contributed by atoms with van der Waals surface area (Å²) in [6.45, 7) is 2.00. The Balaban J connectivity index is 1.72. The first-order valence-electron chi connectivity index (χ1n) is 10.3. The van der Waals surface area contributed by atoms with Crippen LogP contribution in [0.2, 0.25) is 10.0 Å². The summed E-state index contributed by atoms with van der Waals surface area (Å²) in [7, 11) is 3.95. The van der Waals surface area contributed by atoms with Gasteiger partial charge in [-0.25, -0.2) is 4.98 Å². The Morgan fingerprint density at radius 3 is 2.28 bits per heavy atom. The van der Waals surface area contributed by atoms with Gasteiger partial charge in [0, 0.05) is 40.8 Å². The molecular formula is C25H24Cl2N4O. The summed E-state index contributed by atoms with van der Waals surface area (Å²) in [5.41, 5.74) is 4.37. The van der Waals surface area contributed by atoms with Gasteiger partial charge in [0.25, 0.3) is 5.91 Å². The fourth-order valence-electron chi connectivity index (χ4n) is 3.52. The second kappa shape index (κ2) is 9.74. The van der Waals surface area contributed by atoms with Crippen molar-refractivity contribution in [3.05, 3.63) is 87.9 Å². The van der Waals surface area contributed by atoms with Crippen LogP contribution in [0.1, 0.15) is 15.9 Å². The first-order valence-corrected chi connectivity index (χ1v) is 11.1. The molecule has 0 aliphatic carbocycles. The van der Waals surface area contributed by atoms with Crippen LogP contribution in [-0.2, 0) is 6.54 Å². The lowest BCUT2D eigenvalue weighted by Crippen LogP contribution is -2.31. The molecule has 0 aliphatic heterocycles. The largest absolute Gasteiger partial charge is 0.351 e. The van der Waals surface area contributed by atoms with E-state index in [1.165, 1.54) is 0 Å². The number of nitrogens with one attached hydrogen (secondary N) is 1. The van der Waals surface area contributed by atoms with E-state index in [0.717, 1.165) is 34.5 Å². The lowest BCUT2D eigenvalue weighted by atomic mass is 10.1. The highest BCUT2D eigenvalue weighted by atomic mass is 35.5. The van der Waals surface area contributed by atoms with Crippen molar-refractivity contribution in [3.8, 4) is 11.4 Å². The van der Waals surface area contributed by atoms with Crippen LogP contribution in [0.15, 0.2) is 66.7 Å². The van der Waals surface area contributed by atoms with Crippen molar-refractivity contribution < 1.29 is 4.79 Å². The molecule has 3 aromatic carbocycles. The van der Waals surface area contributed by atoms with Crippen molar-refractivity contribution in [2.75, 3.05) is 27.2 Å². The summed E-state index contributed by atoms with van der Waals surface area (Å²) < 4.78 is 2.15. The minimum absolute atomic E-state index is 0.103. The molecular weight excluding hydrogens is 443 g/mol. The number of likely N-dealkylation sites (N-methyl/N-ethyl adjacent to an activating group) is 1. The average molecular weight is 467 g/mol. The zero-order valence-electron chi connectivity index (χ0n) is 18.0. The summed E-state index contributed by atoms with van der Waals surface area (Å²) in [4.78, 5) is 19.5. The monoisotopic (exact) mass is 466 g/mol. The molecule has 0 spiro atoms. The molecule has 0 bridgehead atoms. The van der Waals surface area contributed by atoms with E-state index >= 15 is 0 Å². The Bertz CT molecular complexity index is 1230. The summed E-state index contributed by atoms with van der Waals surface area (Å²) in [6, 6.07) is 21.0. The van der Waals surface area contributed by atoms with Gasteiger partial charge in [0.1, 0.15) is 5.82 Å². The van der Waals surface area contributed by atoms with Gasteiger partial charge in [0.05, 0.1) is 11.0 Å². The third-order valence-electron chi connectivity index (χ3n) is 5.21. The molecule has 0 atom stereocenters. The number of benzene rings is 3. The van der Waals surface area contributed by atoms with E-state index in [-0.39, 0.29) is 5.91 Å². The molecule has 0 fully saturated rings. The van der Waals surface area contributed by atoms with Crippen LogP contribution >= 0.6 is 23.2 Å². The number of fused-ring (bicyclic) bond motifs is 1. The standard InChI is InChI=1S/C25H24Cl2N4O/c1-30(2)14-13-28-25(32)19-7-12-23-22(15-19)29-24(18-5-10-21(27)11-6-18)31(23)16-17-3-8-20(26)9-4-17/h3-12,15H,13-14,16H2,1-2H3,(H,28,32). The van der Waals surface area contributed by atoms with Gasteiger partial charge in [-0.05, 0) is 74.3 Å². The SMILES string of the molecule is CN(C)CCNC(=O)c1ccc2c(c1)nc(-c1ccc(Cl)cc1)n2Cc1ccc(Cl)cc1. The molecule has 0 aliphatic rings. The van der Waals surface area contributed by atoms with E-state index in [1.807, 2.05) is 85.7 Å². The predicted octanol–water partition coefficient (Wildman–Crippen LogP) is 5.35. The van der Waals surface area contributed by atoms with Crippen LogP contribution in [0, 0.1) is 0 Å². The lowest BCUT2D eigenvalue weighted by Gasteiger charge is -2.11. The molecule has 4 aromatic rings. The summed E-state index contributed by atoms with van der Waals surface area (Å²) >= 11 is 12.2. The quantitative estimate of drug-likeness (QED) is 0.399.